The summed E-state index contributed by atoms with van der Waals surface area (Å²) in [6, 6.07) is 1.43. The fraction of sp³-hybridized carbons (Fsp3) is 0.941. The minimum atomic E-state index is 0. The highest BCUT2D eigenvalue weighted by molar-refractivity contribution is 14.0. The second-order valence-electron chi connectivity index (χ2n) is 6.70. The van der Waals surface area contributed by atoms with Crippen LogP contribution in [0.5, 0.6) is 0 Å². The molecule has 0 amide bonds. The minimum absolute atomic E-state index is 0. The normalized spacial score (nSPS) is 23.8. The fourth-order valence-corrected chi connectivity index (χ4v) is 3.71. The maximum Gasteiger partial charge on any atom is 0.191 e. The lowest BCUT2D eigenvalue weighted by Gasteiger charge is -2.24. The van der Waals surface area contributed by atoms with Crippen LogP contribution >= 0.6 is 24.0 Å². The van der Waals surface area contributed by atoms with Crippen LogP contribution in [0, 0.1) is 5.92 Å². The second-order valence-corrected chi connectivity index (χ2v) is 6.70. The lowest BCUT2D eigenvalue weighted by molar-refractivity contribution is 0.242. The van der Waals surface area contributed by atoms with Crippen molar-refractivity contribution in [2.75, 3.05) is 26.7 Å². The molecule has 5 heteroatoms. The van der Waals surface area contributed by atoms with Gasteiger partial charge in [-0.05, 0) is 25.2 Å². The van der Waals surface area contributed by atoms with Crippen LogP contribution < -0.4 is 10.6 Å². The van der Waals surface area contributed by atoms with Gasteiger partial charge in [0, 0.05) is 38.8 Å². The van der Waals surface area contributed by atoms with Gasteiger partial charge in [-0.25, -0.2) is 0 Å². The van der Waals surface area contributed by atoms with E-state index in [-0.39, 0.29) is 24.0 Å². The van der Waals surface area contributed by atoms with Gasteiger partial charge < -0.3 is 10.6 Å². The third-order valence-electron chi connectivity index (χ3n) is 5.34. The first kappa shape index (κ1) is 20.0. The summed E-state index contributed by atoms with van der Waals surface area (Å²) in [7, 11) is 1.88. The van der Waals surface area contributed by atoms with E-state index in [0.29, 0.717) is 6.04 Å². The van der Waals surface area contributed by atoms with Gasteiger partial charge in [-0.3, -0.25) is 9.89 Å². The van der Waals surface area contributed by atoms with E-state index >= 15 is 0 Å². The Hall–Kier alpha value is -0.0400. The zero-order valence-electron chi connectivity index (χ0n) is 14.6. The first-order chi connectivity index (χ1) is 10.3. The lowest BCUT2D eigenvalue weighted by atomic mass is 10.0. The topological polar surface area (TPSA) is 39.7 Å². The molecule has 0 radical (unpaired) electrons. The van der Waals surface area contributed by atoms with Crippen molar-refractivity contribution in [1.29, 1.82) is 0 Å². The maximum absolute atomic E-state index is 4.39. The molecule has 1 saturated heterocycles. The van der Waals surface area contributed by atoms with E-state index in [0.717, 1.165) is 24.5 Å². The summed E-state index contributed by atoms with van der Waals surface area (Å²) < 4.78 is 0. The molecule has 2 rings (SSSR count). The molecule has 1 aliphatic carbocycles. The zero-order valence-corrected chi connectivity index (χ0v) is 16.9. The van der Waals surface area contributed by atoms with Crippen molar-refractivity contribution >= 4 is 29.9 Å². The Morgan fingerprint density at radius 3 is 2.45 bits per heavy atom. The predicted molar refractivity (Wildman–Crippen MR) is 106 cm³/mol. The van der Waals surface area contributed by atoms with E-state index in [2.05, 4.69) is 34.4 Å². The lowest BCUT2D eigenvalue weighted by Crippen LogP contribution is -2.46. The van der Waals surface area contributed by atoms with Gasteiger partial charge in [0.15, 0.2) is 5.96 Å². The van der Waals surface area contributed by atoms with Crippen LogP contribution in [0.1, 0.15) is 58.8 Å². The summed E-state index contributed by atoms with van der Waals surface area (Å²) in [6.45, 7) is 8.01. The Morgan fingerprint density at radius 2 is 1.86 bits per heavy atom. The van der Waals surface area contributed by atoms with Gasteiger partial charge in [0.2, 0.25) is 0 Å². The average Bonchev–Trinajstić information content (AvgIpc) is 3.18. The van der Waals surface area contributed by atoms with Gasteiger partial charge in [0.05, 0.1) is 0 Å². The molecule has 2 aliphatic rings. The van der Waals surface area contributed by atoms with Crippen molar-refractivity contribution in [3.05, 3.63) is 0 Å². The van der Waals surface area contributed by atoms with Crippen molar-refractivity contribution in [3.8, 4) is 0 Å². The number of nitrogens with one attached hydrogen (secondary N) is 2. The highest BCUT2D eigenvalue weighted by Crippen LogP contribution is 2.26. The van der Waals surface area contributed by atoms with E-state index < -0.39 is 0 Å². The molecule has 0 aromatic rings. The number of nitrogens with zero attached hydrogens (tertiary/aromatic N) is 2. The molecule has 0 bridgehead atoms. The standard InChI is InChI=1S/C17H34N4.HI/c1-4-14(5-2)12-19-17(18-3)20-15-10-11-21(13-15)16-8-6-7-9-16;/h14-16H,4-13H2,1-3H3,(H2,18,19,20);1H. The third kappa shape index (κ3) is 5.87. The minimum Gasteiger partial charge on any atom is -0.356 e. The van der Waals surface area contributed by atoms with Crippen LogP contribution in [0.25, 0.3) is 0 Å². The Morgan fingerprint density at radius 1 is 1.18 bits per heavy atom. The Balaban J connectivity index is 0.00000242. The quantitative estimate of drug-likeness (QED) is 0.392. The van der Waals surface area contributed by atoms with Crippen LogP contribution in [-0.4, -0.2) is 49.6 Å². The first-order valence-corrected chi connectivity index (χ1v) is 8.98. The SMILES string of the molecule is CCC(CC)CNC(=NC)NC1CCN(C2CCCC2)C1.I. The molecule has 1 atom stereocenters. The number of aliphatic imine (C=N–C) groups is 1. The Labute approximate surface area is 153 Å². The first-order valence-electron chi connectivity index (χ1n) is 8.98. The van der Waals surface area contributed by atoms with E-state index in [1.54, 1.807) is 0 Å². The Bertz CT molecular complexity index is 325. The summed E-state index contributed by atoms with van der Waals surface area (Å²) in [6.07, 6.45) is 9.40. The van der Waals surface area contributed by atoms with Crippen molar-refractivity contribution in [2.45, 2.75) is 70.9 Å². The highest BCUT2D eigenvalue weighted by atomic mass is 127. The molecule has 0 aromatic carbocycles. The summed E-state index contributed by atoms with van der Waals surface area (Å²) in [5, 5.41) is 7.12. The predicted octanol–water partition coefficient (Wildman–Crippen LogP) is 3.22. The molecular weight excluding hydrogens is 387 g/mol. The average molecular weight is 422 g/mol. The molecule has 2 fully saturated rings. The molecule has 2 N–H and O–H groups in total. The van der Waals surface area contributed by atoms with E-state index in [9.17, 15) is 0 Å². The third-order valence-corrected chi connectivity index (χ3v) is 5.34. The van der Waals surface area contributed by atoms with Gasteiger partial charge in [-0.2, -0.15) is 0 Å². The van der Waals surface area contributed by atoms with Crippen LogP contribution in [0.3, 0.4) is 0 Å². The van der Waals surface area contributed by atoms with E-state index in [1.807, 2.05) is 7.05 Å². The molecule has 1 unspecified atom stereocenters. The zero-order chi connectivity index (χ0) is 15.1. The van der Waals surface area contributed by atoms with Crippen LogP contribution in [0.2, 0.25) is 0 Å². The molecule has 1 saturated carbocycles. The van der Waals surface area contributed by atoms with Gasteiger partial charge in [-0.1, -0.05) is 39.5 Å². The summed E-state index contributed by atoms with van der Waals surface area (Å²) in [5.74, 6) is 1.74. The van der Waals surface area contributed by atoms with Gasteiger partial charge in [0.1, 0.15) is 0 Å². The monoisotopic (exact) mass is 422 g/mol. The maximum atomic E-state index is 4.39. The summed E-state index contributed by atoms with van der Waals surface area (Å²) >= 11 is 0. The molecule has 1 heterocycles. The molecule has 1 aliphatic heterocycles. The highest BCUT2D eigenvalue weighted by Gasteiger charge is 2.30. The van der Waals surface area contributed by atoms with Crippen molar-refractivity contribution < 1.29 is 0 Å². The molecular formula is C17H35IN4. The smallest absolute Gasteiger partial charge is 0.191 e. The van der Waals surface area contributed by atoms with Crippen LogP contribution in [0.4, 0.5) is 0 Å². The summed E-state index contributed by atoms with van der Waals surface area (Å²) in [4.78, 5) is 7.08. The molecule has 22 heavy (non-hydrogen) atoms. The van der Waals surface area contributed by atoms with Crippen LogP contribution in [-0.2, 0) is 0 Å². The van der Waals surface area contributed by atoms with Gasteiger partial charge >= 0.3 is 0 Å². The van der Waals surface area contributed by atoms with Crippen molar-refractivity contribution in [3.63, 3.8) is 0 Å². The van der Waals surface area contributed by atoms with E-state index in [4.69, 9.17) is 0 Å². The molecule has 130 valence electrons. The van der Waals surface area contributed by atoms with Crippen LogP contribution in [0.15, 0.2) is 4.99 Å². The van der Waals surface area contributed by atoms with E-state index in [1.165, 1.54) is 58.0 Å². The van der Waals surface area contributed by atoms with Gasteiger partial charge in [0.25, 0.3) is 0 Å². The Kier molecular flexibility index (Phi) is 9.71. The number of hydrogen-bond acceptors (Lipinski definition) is 2. The summed E-state index contributed by atoms with van der Waals surface area (Å²) in [5.41, 5.74) is 0. The number of rotatable bonds is 6. The largest absolute Gasteiger partial charge is 0.356 e. The molecule has 0 aromatic heterocycles. The number of likely N-dealkylation sites (tertiary alicyclic amines) is 1. The van der Waals surface area contributed by atoms with Crippen molar-refractivity contribution in [2.24, 2.45) is 10.9 Å². The second kappa shape index (κ2) is 10.7. The molecule has 4 nitrogen and oxygen atoms in total. The fourth-order valence-electron chi connectivity index (χ4n) is 3.71. The number of guanidine groups is 1. The molecule has 0 spiro atoms. The number of hydrogen-bond donors (Lipinski definition) is 2. The number of halogens is 1. The van der Waals surface area contributed by atoms with Gasteiger partial charge in [-0.15, -0.1) is 24.0 Å². The van der Waals surface area contributed by atoms with Crippen molar-refractivity contribution in [1.82, 2.24) is 15.5 Å².